The van der Waals surface area contributed by atoms with E-state index in [0.717, 1.165) is 0 Å². The van der Waals surface area contributed by atoms with Gasteiger partial charge in [0.25, 0.3) is 0 Å². The van der Waals surface area contributed by atoms with E-state index in [4.69, 9.17) is 0 Å². The minimum Gasteiger partial charge on any atom is -1.00 e. The molecule has 24 valence electrons. The average molecular weight is 76.0 g/mol. The Morgan fingerprint density at radius 3 is 1.40 bits per heavy atom. The first-order chi connectivity index (χ1) is 1.41. The van der Waals surface area contributed by atoms with Crippen LogP contribution < -0.4 is 48.4 Å². The van der Waals surface area contributed by atoms with Gasteiger partial charge in [-0.2, -0.15) is 0 Å². The maximum Gasteiger partial charge on any atom is 1.00 e. The molecule has 0 aliphatic rings. The fraction of sp³-hybridized carbons (Fsp3) is 1.00. The second-order valence-electron chi connectivity index (χ2n) is 0.707. The van der Waals surface area contributed by atoms with Crippen molar-refractivity contribution in [3.05, 3.63) is 0 Å². The van der Waals surface area contributed by atoms with E-state index in [2.05, 4.69) is 13.8 Å². The molecule has 0 aliphatic heterocycles. The fourth-order valence-electron chi connectivity index (χ4n) is 0. The molecule has 0 aromatic rings. The number of rotatable bonds is 0. The van der Waals surface area contributed by atoms with Crippen LogP contribution in [0.2, 0.25) is 0 Å². The summed E-state index contributed by atoms with van der Waals surface area (Å²) in [6, 6.07) is 0. The predicted octanol–water partition coefficient (Wildman–Crippen LogP) is -4.35. The second kappa shape index (κ2) is 17.5. The zero-order valence-corrected chi connectivity index (χ0v) is 6.71. The summed E-state index contributed by atoms with van der Waals surface area (Å²) in [4.78, 5) is 0. The second-order valence-corrected chi connectivity index (χ2v) is 0.707. The first kappa shape index (κ1) is 16.0. The Bertz CT molecular complexity index is 12.9. The van der Waals surface area contributed by atoms with Crippen molar-refractivity contribution in [1.82, 2.24) is 0 Å². The number of hydrogen-bond acceptors (Lipinski definition) is 0. The van der Waals surface area contributed by atoms with E-state index in [1.165, 1.54) is 6.42 Å². The molecule has 0 saturated carbocycles. The summed E-state index contributed by atoms with van der Waals surface area (Å²) in [7, 11) is 0. The Morgan fingerprint density at radius 2 is 1.40 bits per heavy atom. The first-order valence-electron chi connectivity index (χ1n) is 1.41. The zero-order valence-electron chi connectivity index (χ0n) is 6.71. The van der Waals surface area contributed by atoms with Gasteiger partial charge in [-0.3, -0.25) is 0 Å². The summed E-state index contributed by atoms with van der Waals surface area (Å²) in [5.41, 5.74) is 0. The first-order valence-corrected chi connectivity index (χ1v) is 1.41. The summed E-state index contributed by atoms with van der Waals surface area (Å²) in [6.45, 7) is 4.25. The third kappa shape index (κ3) is 28.4. The molecule has 0 radical (unpaired) electrons. The van der Waals surface area contributed by atoms with Crippen LogP contribution in [0.5, 0.6) is 0 Å². The van der Waals surface area contributed by atoms with Crippen LogP contribution >= 0.6 is 0 Å². The maximum atomic E-state index is 2.12. The Kier molecular flexibility index (Phi) is 56.0. The standard InChI is InChI=1S/C3H8.Li.Na.2H/c1-3-2;;;;/h3H2,1-2H3;;;;/q;2*+1;2*-1. The molecule has 0 aromatic heterocycles. The van der Waals surface area contributed by atoms with Crippen molar-refractivity contribution in [2.24, 2.45) is 0 Å². The monoisotopic (exact) mass is 76.1 g/mol. The molecule has 0 N–H and O–H groups in total. The van der Waals surface area contributed by atoms with E-state index in [-0.39, 0.29) is 51.3 Å². The van der Waals surface area contributed by atoms with Crippen molar-refractivity contribution in [3.63, 3.8) is 0 Å². The van der Waals surface area contributed by atoms with Gasteiger partial charge in [-0.15, -0.1) is 0 Å². The molecule has 0 spiro atoms. The molecule has 5 heavy (non-hydrogen) atoms. The van der Waals surface area contributed by atoms with Gasteiger partial charge in [-0.1, -0.05) is 20.3 Å². The van der Waals surface area contributed by atoms with Crippen molar-refractivity contribution in [2.75, 3.05) is 0 Å². The van der Waals surface area contributed by atoms with Crippen LogP contribution in [0, 0.1) is 0 Å². The largest absolute Gasteiger partial charge is 1.00 e. The third-order valence-electron chi connectivity index (χ3n) is 0. The molecule has 0 atom stereocenters. The molecule has 0 rings (SSSR count). The van der Waals surface area contributed by atoms with Gasteiger partial charge in [0.1, 0.15) is 0 Å². The zero-order chi connectivity index (χ0) is 2.71. The summed E-state index contributed by atoms with van der Waals surface area (Å²) >= 11 is 0. The van der Waals surface area contributed by atoms with Crippen LogP contribution in [-0.2, 0) is 0 Å². The summed E-state index contributed by atoms with van der Waals surface area (Å²) < 4.78 is 0. The van der Waals surface area contributed by atoms with Crippen molar-refractivity contribution < 1.29 is 51.3 Å². The van der Waals surface area contributed by atoms with Crippen LogP contribution in [0.4, 0.5) is 0 Å². The smallest absolute Gasteiger partial charge is 1.00 e. The van der Waals surface area contributed by atoms with E-state index < -0.39 is 0 Å². The molecule has 0 unspecified atom stereocenters. The minimum absolute atomic E-state index is 0. The SMILES string of the molecule is CCC.[H-].[H-].[Li+].[Na+]. The van der Waals surface area contributed by atoms with Crippen LogP contribution in [0.3, 0.4) is 0 Å². The average Bonchev–Trinajstić information content (AvgIpc) is 0.918. The van der Waals surface area contributed by atoms with Gasteiger partial charge in [-0.25, -0.2) is 0 Å². The normalized spacial score (nSPS) is 3.60. The van der Waals surface area contributed by atoms with Crippen LogP contribution in [0.1, 0.15) is 23.1 Å². The molecule has 0 fully saturated rings. The van der Waals surface area contributed by atoms with E-state index in [0.29, 0.717) is 0 Å². The van der Waals surface area contributed by atoms with Crippen molar-refractivity contribution in [3.8, 4) is 0 Å². The third-order valence-corrected chi connectivity index (χ3v) is 0. The molecule has 0 aliphatic carbocycles. The Balaban J connectivity index is -0.00000000333. The molecule has 0 heterocycles. The Hall–Kier alpha value is 1.60. The Morgan fingerprint density at radius 1 is 1.40 bits per heavy atom. The van der Waals surface area contributed by atoms with Crippen molar-refractivity contribution in [2.45, 2.75) is 20.3 Å². The van der Waals surface area contributed by atoms with Gasteiger partial charge in [0.2, 0.25) is 0 Å². The summed E-state index contributed by atoms with van der Waals surface area (Å²) in [6.07, 6.45) is 1.25. The van der Waals surface area contributed by atoms with Crippen LogP contribution in [0.15, 0.2) is 0 Å². The van der Waals surface area contributed by atoms with Gasteiger partial charge in [0, 0.05) is 0 Å². The van der Waals surface area contributed by atoms with Gasteiger partial charge in [0.15, 0.2) is 0 Å². The van der Waals surface area contributed by atoms with Crippen LogP contribution in [0.25, 0.3) is 0 Å². The molecule has 2 heteroatoms. The molecular formula is C3H10LiNa. The predicted molar refractivity (Wildman–Crippen MR) is 18.2 cm³/mol. The van der Waals surface area contributed by atoms with Crippen LogP contribution in [-0.4, -0.2) is 0 Å². The molecular weight excluding hydrogens is 66.0 g/mol. The summed E-state index contributed by atoms with van der Waals surface area (Å²) in [5.74, 6) is 0. The molecule has 0 nitrogen and oxygen atoms in total. The van der Waals surface area contributed by atoms with Crippen molar-refractivity contribution in [1.29, 1.82) is 0 Å². The quantitative estimate of drug-likeness (QED) is 0.256. The molecule has 0 saturated heterocycles. The fourth-order valence-corrected chi connectivity index (χ4v) is 0. The Labute approximate surface area is 71.1 Å². The topological polar surface area (TPSA) is 0 Å². The van der Waals surface area contributed by atoms with E-state index in [1.807, 2.05) is 0 Å². The number of hydrogen-bond donors (Lipinski definition) is 0. The molecule has 0 amide bonds. The maximum absolute atomic E-state index is 2.12. The van der Waals surface area contributed by atoms with E-state index >= 15 is 0 Å². The van der Waals surface area contributed by atoms with E-state index in [1.54, 1.807) is 0 Å². The molecule has 0 aromatic carbocycles. The molecule has 0 bridgehead atoms. The summed E-state index contributed by atoms with van der Waals surface area (Å²) in [5, 5.41) is 0. The van der Waals surface area contributed by atoms with Crippen molar-refractivity contribution >= 4 is 0 Å². The van der Waals surface area contributed by atoms with E-state index in [9.17, 15) is 0 Å². The minimum atomic E-state index is 0. The van der Waals surface area contributed by atoms with Gasteiger partial charge in [-0.05, 0) is 0 Å². The van der Waals surface area contributed by atoms with Gasteiger partial charge >= 0.3 is 48.4 Å². The van der Waals surface area contributed by atoms with Gasteiger partial charge in [0.05, 0.1) is 0 Å². The van der Waals surface area contributed by atoms with Gasteiger partial charge < -0.3 is 2.85 Å².